The molecule has 1 amide bonds. The monoisotopic (exact) mass is 393 g/mol. The van der Waals surface area contributed by atoms with Crippen LogP contribution in [0.3, 0.4) is 0 Å². The Labute approximate surface area is 168 Å². The fraction of sp³-hybridized carbons (Fsp3) is 0.391. The fourth-order valence-corrected chi connectivity index (χ4v) is 5.21. The summed E-state index contributed by atoms with van der Waals surface area (Å²) in [6, 6.07) is 16.4. The van der Waals surface area contributed by atoms with Crippen LogP contribution >= 0.6 is 0 Å². The summed E-state index contributed by atoms with van der Waals surface area (Å²) in [6.07, 6.45) is 0.622. The van der Waals surface area contributed by atoms with Crippen molar-refractivity contribution in [2.45, 2.75) is 24.4 Å². The van der Waals surface area contributed by atoms with Crippen LogP contribution < -0.4 is 5.32 Å². The van der Waals surface area contributed by atoms with Gasteiger partial charge >= 0.3 is 12.1 Å². The van der Waals surface area contributed by atoms with E-state index in [9.17, 15) is 14.7 Å². The predicted molar refractivity (Wildman–Crippen MR) is 106 cm³/mol. The van der Waals surface area contributed by atoms with Crippen molar-refractivity contribution in [3.63, 3.8) is 0 Å². The van der Waals surface area contributed by atoms with E-state index in [1.54, 1.807) is 0 Å². The largest absolute Gasteiger partial charge is 0.481 e. The molecule has 3 atom stereocenters. The SMILES string of the molecule is O=C(NC[C@]12C[C@@H](CO1)[C@H](C(=O)O)C2)OCC1c2ccccc2-c2ccccc21. The molecule has 0 unspecified atom stereocenters. The second-order valence-electron chi connectivity index (χ2n) is 8.29. The third-order valence-corrected chi connectivity index (χ3v) is 6.61. The van der Waals surface area contributed by atoms with Gasteiger partial charge in [0, 0.05) is 12.5 Å². The molecule has 5 rings (SSSR count). The molecule has 2 aliphatic carbocycles. The summed E-state index contributed by atoms with van der Waals surface area (Å²) in [7, 11) is 0. The van der Waals surface area contributed by atoms with Crippen molar-refractivity contribution in [2.75, 3.05) is 19.8 Å². The number of carboxylic acids is 1. The Hall–Kier alpha value is -2.86. The number of alkyl carbamates (subject to hydrolysis) is 1. The minimum absolute atomic E-state index is 0.0151. The third-order valence-electron chi connectivity index (χ3n) is 6.61. The number of aliphatic carboxylic acids is 1. The molecule has 3 aliphatic rings. The molecular weight excluding hydrogens is 370 g/mol. The topological polar surface area (TPSA) is 84.9 Å². The van der Waals surface area contributed by atoms with Gasteiger partial charge in [-0.15, -0.1) is 0 Å². The highest BCUT2D eigenvalue weighted by Gasteiger charge is 2.54. The number of fused-ring (bicyclic) bond motifs is 5. The van der Waals surface area contributed by atoms with Crippen molar-refractivity contribution in [3.8, 4) is 11.1 Å². The van der Waals surface area contributed by atoms with Gasteiger partial charge in [0.2, 0.25) is 0 Å². The Balaban J connectivity index is 1.22. The van der Waals surface area contributed by atoms with E-state index in [-0.39, 0.29) is 30.9 Å². The van der Waals surface area contributed by atoms with Crippen LogP contribution in [0.2, 0.25) is 0 Å². The Morgan fingerprint density at radius 2 is 1.72 bits per heavy atom. The maximum Gasteiger partial charge on any atom is 0.407 e. The van der Waals surface area contributed by atoms with Gasteiger partial charge in [-0.1, -0.05) is 48.5 Å². The number of carbonyl (C=O) groups excluding carboxylic acids is 1. The Morgan fingerprint density at radius 3 is 2.34 bits per heavy atom. The molecule has 1 saturated heterocycles. The van der Waals surface area contributed by atoms with E-state index in [4.69, 9.17) is 9.47 Å². The molecule has 2 aromatic rings. The smallest absolute Gasteiger partial charge is 0.407 e. The first kappa shape index (κ1) is 18.2. The zero-order chi connectivity index (χ0) is 20.0. The zero-order valence-corrected chi connectivity index (χ0v) is 16.0. The number of hydrogen-bond donors (Lipinski definition) is 2. The van der Waals surface area contributed by atoms with E-state index in [2.05, 4.69) is 29.6 Å². The molecule has 0 radical (unpaired) electrons. The molecule has 0 spiro atoms. The normalized spacial score (nSPS) is 26.8. The lowest BCUT2D eigenvalue weighted by Crippen LogP contribution is -2.43. The minimum Gasteiger partial charge on any atom is -0.481 e. The zero-order valence-electron chi connectivity index (χ0n) is 16.0. The average Bonchev–Trinajstić information content (AvgIpc) is 3.41. The molecule has 6 heteroatoms. The molecule has 2 N–H and O–H groups in total. The molecule has 2 fully saturated rings. The number of hydrogen-bond acceptors (Lipinski definition) is 4. The van der Waals surface area contributed by atoms with Gasteiger partial charge in [-0.25, -0.2) is 4.79 Å². The van der Waals surface area contributed by atoms with Gasteiger partial charge in [-0.2, -0.15) is 0 Å². The van der Waals surface area contributed by atoms with Crippen molar-refractivity contribution in [1.29, 1.82) is 0 Å². The quantitative estimate of drug-likeness (QED) is 0.813. The van der Waals surface area contributed by atoms with Crippen molar-refractivity contribution in [2.24, 2.45) is 11.8 Å². The molecule has 2 aromatic carbocycles. The van der Waals surface area contributed by atoms with Crippen LogP contribution in [0.1, 0.15) is 29.9 Å². The van der Waals surface area contributed by atoms with Crippen molar-refractivity contribution < 1.29 is 24.2 Å². The van der Waals surface area contributed by atoms with Crippen LogP contribution in [0.15, 0.2) is 48.5 Å². The Morgan fingerprint density at radius 1 is 1.07 bits per heavy atom. The number of nitrogens with one attached hydrogen (secondary N) is 1. The highest BCUT2D eigenvalue weighted by atomic mass is 16.6. The summed E-state index contributed by atoms with van der Waals surface area (Å²) in [4.78, 5) is 23.7. The number of ether oxygens (including phenoxy) is 2. The Kier molecular flexibility index (Phi) is 4.32. The predicted octanol–water partition coefficient (Wildman–Crippen LogP) is 3.40. The lowest BCUT2D eigenvalue weighted by Gasteiger charge is -2.29. The van der Waals surface area contributed by atoms with Gasteiger partial charge in [0.1, 0.15) is 6.61 Å². The molecule has 29 heavy (non-hydrogen) atoms. The highest BCUT2D eigenvalue weighted by molar-refractivity contribution is 5.79. The van der Waals surface area contributed by atoms with Crippen molar-refractivity contribution >= 4 is 12.1 Å². The molecule has 1 aliphatic heterocycles. The lowest BCUT2D eigenvalue weighted by molar-refractivity contribution is -0.147. The summed E-state index contributed by atoms with van der Waals surface area (Å²) in [6.45, 7) is 0.987. The average molecular weight is 393 g/mol. The maximum absolute atomic E-state index is 12.4. The maximum atomic E-state index is 12.4. The third kappa shape index (κ3) is 3.08. The summed E-state index contributed by atoms with van der Waals surface area (Å²) < 4.78 is 11.4. The van der Waals surface area contributed by atoms with E-state index >= 15 is 0 Å². The van der Waals surface area contributed by atoms with Crippen molar-refractivity contribution in [1.82, 2.24) is 5.32 Å². The minimum atomic E-state index is -0.777. The molecule has 0 aromatic heterocycles. The second-order valence-corrected chi connectivity index (χ2v) is 8.29. The van der Waals surface area contributed by atoms with E-state index in [1.165, 1.54) is 22.3 Å². The van der Waals surface area contributed by atoms with Crippen LogP contribution in [0.4, 0.5) is 4.79 Å². The first-order chi connectivity index (χ1) is 14.1. The first-order valence-corrected chi connectivity index (χ1v) is 10.0. The molecule has 150 valence electrons. The second kappa shape index (κ2) is 6.88. The molecule has 6 nitrogen and oxygen atoms in total. The van der Waals surface area contributed by atoms with E-state index in [0.717, 1.165) is 0 Å². The van der Waals surface area contributed by atoms with Crippen molar-refractivity contribution in [3.05, 3.63) is 59.7 Å². The number of amides is 1. The molecule has 2 bridgehead atoms. The number of carbonyl (C=O) groups is 2. The standard InChI is InChI=1S/C23H23NO5/c25-21(26)19-10-23(9-14(19)11-29-23)13-24-22(27)28-12-20-17-7-3-1-5-15(17)16-6-2-4-8-18(16)20/h1-8,14,19-20H,9-13H2,(H,24,27)(H,25,26)/t14-,19+,23+/m0/s1. The summed E-state index contributed by atoms with van der Waals surface area (Å²) in [5.74, 6) is -1.10. The van der Waals surface area contributed by atoms with Gasteiger partial charge in [-0.3, -0.25) is 4.79 Å². The van der Waals surface area contributed by atoms with Crippen LogP contribution in [0, 0.1) is 11.8 Å². The summed E-state index contributed by atoms with van der Waals surface area (Å²) >= 11 is 0. The molecular formula is C23H23NO5. The molecule has 1 heterocycles. The van der Waals surface area contributed by atoms with E-state index in [0.29, 0.717) is 19.4 Å². The first-order valence-electron chi connectivity index (χ1n) is 10.0. The van der Waals surface area contributed by atoms with Gasteiger partial charge in [0.15, 0.2) is 0 Å². The van der Waals surface area contributed by atoms with E-state index in [1.807, 2.05) is 24.3 Å². The van der Waals surface area contributed by atoms with Crippen LogP contribution in [-0.2, 0) is 14.3 Å². The van der Waals surface area contributed by atoms with Crippen LogP contribution in [0.5, 0.6) is 0 Å². The highest BCUT2D eigenvalue weighted by Crippen LogP contribution is 2.48. The number of benzene rings is 2. The fourth-order valence-electron chi connectivity index (χ4n) is 5.21. The van der Waals surface area contributed by atoms with Crippen LogP contribution in [-0.4, -0.2) is 42.5 Å². The van der Waals surface area contributed by atoms with Gasteiger partial charge in [0.05, 0.1) is 18.1 Å². The summed E-state index contributed by atoms with van der Waals surface area (Å²) in [5.41, 5.74) is 4.14. The molecule has 1 saturated carbocycles. The van der Waals surface area contributed by atoms with Gasteiger partial charge in [0.25, 0.3) is 0 Å². The van der Waals surface area contributed by atoms with Gasteiger partial charge in [-0.05, 0) is 41.0 Å². The van der Waals surface area contributed by atoms with Gasteiger partial charge < -0.3 is 19.9 Å². The Bertz CT molecular complexity index is 928. The van der Waals surface area contributed by atoms with Crippen LogP contribution in [0.25, 0.3) is 11.1 Å². The summed E-state index contributed by atoms with van der Waals surface area (Å²) in [5, 5.41) is 12.1. The number of carboxylic acid groups (broad SMARTS) is 1. The number of rotatable bonds is 5. The van der Waals surface area contributed by atoms with E-state index < -0.39 is 17.7 Å². The lowest BCUT2D eigenvalue weighted by atomic mass is 9.96.